The van der Waals surface area contributed by atoms with E-state index in [1.54, 1.807) is 30.3 Å². The van der Waals surface area contributed by atoms with Gasteiger partial charge in [0.2, 0.25) is 0 Å². The number of benzene rings is 4. The first-order valence-corrected chi connectivity index (χ1v) is 15.7. The summed E-state index contributed by atoms with van der Waals surface area (Å²) in [5, 5.41) is 20.8. The van der Waals surface area contributed by atoms with Gasteiger partial charge in [0.1, 0.15) is 0 Å². The number of carbonyl (C=O) groups excluding carboxylic acids is 3. The average Bonchev–Trinajstić information content (AvgIpc) is 3.04. The van der Waals surface area contributed by atoms with Crippen molar-refractivity contribution in [3.05, 3.63) is 131 Å². The molecule has 0 unspecified atom stereocenters. The fourth-order valence-corrected chi connectivity index (χ4v) is 5.64. The number of nitrogens with one attached hydrogen (secondary N) is 3. The van der Waals surface area contributed by atoms with Gasteiger partial charge in [-0.05, 0) is 73.6 Å². The molecule has 7 heteroatoms. The molecule has 45 heavy (non-hydrogen) atoms. The zero-order chi connectivity index (χ0) is 31.8. The molecule has 5 rings (SSSR count). The lowest BCUT2D eigenvalue weighted by atomic mass is 9.92. The lowest BCUT2D eigenvalue weighted by Gasteiger charge is -2.30. The summed E-state index contributed by atoms with van der Waals surface area (Å²) in [6.07, 6.45) is 2.97. The van der Waals surface area contributed by atoms with Gasteiger partial charge in [-0.2, -0.15) is 0 Å². The predicted octanol–water partition coefficient (Wildman–Crippen LogP) is 5.89. The second-order valence-corrected chi connectivity index (χ2v) is 11.9. The van der Waals surface area contributed by atoms with Gasteiger partial charge in [-0.25, -0.2) is 0 Å². The highest BCUT2D eigenvalue weighted by Gasteiger charge is 2.26. The molecular formula is C38H41N3O4. The summed E-state index contributed by atoms with van der Waals surface area (Å²) < 4.78 is 0. The average molecular weight is 604 g/mol. The van der Waals surface area contributed by atoms with Crippen LogP contribution in [0.5, 0.6) is 0 Å². The zero-order valence-corrected chi connectivity index (χ0v) is 25.8. The Morgan fingerprint density at radius 3 is 2.02 bits per heavy atom. The number of Topliss-reactive ketones (excluding diaryl/α,β-unsaturated/α-hetero) is 1. The van der Waals surface area contributed by atoms with Crippen LogP contribution < -0.4 is 16.0 Å². The smallest absolute Gasteiger partial charge is 0.251 e. The second-order valence-electron chi connectivity index (χ2n) is 11.9. The summed E-state index contributed by atoms with van der Waals surface area (Å²) in [5.41, 5.74) is 4.22. The monoisotopic (exact) mass is 603 g/mol. The molecule has 0 radical (unpaired) electrons. The molecule has 4 aromatic rings. The maximum atomic E-state index is 13.9. The minimum atomic E-state index is -0.828. The molecular weight excluding hydrogens is 562 g/mol. The SMILES string of the molecule is CC(=O)c1ccccc1-c1cc(C(=O)N[C@@H](Cc2ccccc2)[C@H](O)CNC2CCC2)cc(C(=O)N[C@H](C)c2ccccc2)c1. The molecule has 2 amide bonds. The van der Waals surface area contributed by atoms with Crippen molar-refractivity contribution >= 4 is 17.6 Å². The van der Waals surface area contributed by atoms with E-state index in [1.165, 1.54) is 13.3 Å². The van der Waals surface area contributed by atoms with Gasteiger partial charge in [-0.3, -0.25) is 14.4 Å². The minimum absolute atomic E-state index is 0.117. The van der Waals surface area contributed by atoms with Gasteiger partial charge < -0.3 is 21.1 Å². The van der Waals surface area contributed by atoms with Crippen molar-refractivity contribution in [1.29, 1.82) is 0 Å². The van der Waals surface area contributed by atoms with E-state index in [4.69, 9.17) is 0 Å². The number of rotatable bonds is 13. The summed E-state index contributed by atoms with van der Waals surface area (Å²) in [5.74, 6) is -0.867. The number of aliphatic hydroxyl groups is 1. The molecule has 4 aromatic carbocycles. The van der Waals surface area contributed by atoms with Crippen molar-refractivity contribution < 1.29 is 19.5 Å². The summed E-state index contributed by atoms with van der Waals surface area (Å²) in [7, 11) is 0. The first-order valence-electron chi connectivity index (χ1n) is 15.7. The molecule has 0 aliphatic heterocycles. The topological polar surface area (TPSA) is 108 Å². The molecule has 7 nitrogen and oxygen atoms in total. The lowest BCUT2D eigenvalue weighted by Crippen LogP contribution is -2.51. The van der Waals surface area contributed by atoms with E-state index in [1.807, 2.05) is 79.7 Å². The first-order chi connectivity index (χ1) is 21.8. The standard InChI is InChI=1S/C38H41N3O4/c1-25(28-14-7-4-8-15-28)40-37(44)30-21-29(34-19-10-9-18-33(34)26(2)42)22-31(23-30)38(45)41-35(20-27-12-5-3-6-13-27)36(43)24-39-32-16-11-17-32/h3-10,12-15,18-19,21-23,25,32,35-36,39,43H,11,16-17,20,24H2,1-2H3,(H,40,44)(H,41,45)/t25-,35+,36-/m1/s1. The molecule has 0 bridgehead atoms. The number of aliphatic hydroxyl groups excluding tert-OH is 1. The van der Waals surface area contributed by atoms with Crippen LogP contribution in [-0.4, -0.2) is 47.4 Å². The fraction of sp³-hybridized carbons (Fsp3) is 0.289. The number of amides is 2. The number of hydrogen-bond donors (Lipinski definition) is 4. The van der Waals surface area contributed by atoms with Gasteiger partial charge in [0, 0.05) is 29.3 Å². The third-order valence-electron chi connectivity index (χ3n) is 8.52. The number of hydrogen-bond acceptors (Lipinski definition) is 5. The van der Waals surface area contributed by atoms with E-state index in [0.717, 1.165) is 24.0 Å². The van der Waals surface area contributed by atoms with E-state index >= 15 is 0 Å². The third-order valence-corrected chi connectivity index (χ3v) is 8.52. The van der Waals surface area contributed by atoms with Crippen LogP contribution in [-0.2, 0) is 6.42 Å². The normalized spacial score (nSPS) is 14.9. The third kappa shape index (κ3) is 8.32. The summed E-state index contributed by atoms with van der Waals surface area (Å²) >= 11 is 0. The Kier molecular flexibility index (Phi) is 10.6. The highest BCUT2D eigenvalue weighted by Crippen LogP contribution is 2.27. The van der Waals surface area contributed by atoms with Crippen LogP contribution in [0.2, 0.25) is 0 Å². The Morgan fingerprint density at radius 2 is 1.40 bits per heavy atom. The Balaban J connectivity index is 1.46. The molecule has 0 spiro atoms. The molecule has 1 aliphatic carbocycles. The van der Waals surface area contributed by atoms with E-state index in [9.17, 15) is 19.5 Å². The van der Waals surface area contributed by atoms with E-state index in [0.29, 0.717) is 41.3 Å². The molecule has 3 atom stereocenters. The molecule has 4 N–H and O–H groups in total. The molecule has 0 heterocycles. The summed E-state index contributed by atoms with van der Waals surface area (Å²) in [4.78, 5) is 40.1. The van der Waals surface area contributed by atoms with Crippen LogP contribution in [0.4, 0.5) is 0 Å². The van der Waals surface area contributed by atoms with Gasteiger partial charge in [-0.15, -0.1) is 0 Å². The van der Waals surface area contributed by atoms with Gasteiger partial charge in [0.05, 0.1) is 18.2 Å². The summed E-state index contributed by atoms with van der Waals surface area (Å²) in [6, 6.07) is 31.1. The summed E-state index contributed by atoms with van der Waals surface area (Å²) in [6.45, 7) is 3.76. The largest absolute Gasteiger partial charge is 0.390 e. The van der Waals surface area contributed by atoms with Crippen LogP contribution >= 0.6 is 0 Å². The van der Waals surface area contributed by atoms with Crippen LogP contribution in [0.15, 0.2) is 103 Å². The Bertz CT molecular complexity index is 1620. The van der Waals surface area contributed by atoms with Crippen LogP contribution in [0, 0.1) is 0 Å². The van der Waals surface area contributed by atoms with E-state index in [-0.39, 0.29) is 23.3 Å². The number of ketones is 1. The molecule has 1 saturated carbocycles. The van der Waals surface area contributed by atoms with Crippen LogP contribution in [0.25, 0.3) is 11.1 Å². The van der Waals surface area contributed by atoms with Crippen molar-refractivity contribution in [1.82, 2.24) is 16.0 Å². The minimum Gasteiger partial charge on any atom is -0.390 e. The molecule has 0 aromatic heterocycles. The van der Waals surface area contributed by atoms with Gasteiger partial charge in [-0.1, -0.05) is 91.3 Å². The van der Waals surface area contributed by atoms with Gasteiger partial charge in [0.15, 0.2) is 5.78 Å². The molecule has 232 valence electrons. The van der Waals surface area contributed by atoms with Gasteiger partial charge in [0.25, 0.3) is 11.8 Å². The Labute approximate surface area is 265 Å². The van der Waals surface area contributed by atoms with Crippen molar-refractivity contribution in [2.75, 3.05) is 6.54 Å². The highest BCUT2D eigenvalue weighted by atomic mass is 16.3. The van der Waals surface area contributed by atoms with Crippen LogP contribution in [0.3, 0.4) is 0 Å². The van der Waals surface area contributed by atoms with Crippen molar-refractivity contribution in [3.63, 3.8) is 0 Å². The Hall–Kier alpha value is -4.59. The molecule has 0 saturated heterocycles. The van der Waals surface area contributed by atoms with Crippen molar-refractivity contribution in [2.24, 2.45) is 0 Å². The van der Waals surface area contributed by atoms with E-state index < -0.39 is 18.1 Å². The van der Waals surface area contributed by atoms with Crippen molar-refractivity contribution in [3.8, 4) is 11.1 Å². The molecule has 1 fully saturated rings. The Morgan fingerprint density at radius 1 is 0.800 bits per heavy atom. The maximum Gasteiger partial charge on any atom is 0.251 e. The van der Waals surface area contributed by atoms with Gasteiger partial charge >= 0.3 is 0 Å². The zero-order valence-electron chi connectivity index (χ0n) is 25.8. The highest BCUT2D eigenvalue weighted by molar-refractivity contribution is 6.04. The van der Waals surface area contributed by atoms with E-state index in [2.05, 4.69) is 16.0 Å². The predicted molar refractivity (Wildman–Crippen MR) is 177 cm³/mol. The lowest BCUT2D eigenvalue weighted by molar-refractivity contribution is 0.0816. The molecule has 1 aliphatic rings. The second kappa shape index (κ2) is 14.9. The quantitative estimate of drug-likeness (QED) is 0.143. The fourth-order valence-electron chi connectivity index (χ4n) is 5.64. The number of carbonyl (C=O) groups is 3. The maximum absolute atomic E-state index is 13.9. The van der Waals surface area contributed by atoms with Crippen molar-refractivity contribution in [2.45, 2.75) is 63.8 Å². The first kappa shape index (κ1) is 31.8. The van der Waals surface area contributed by atoms with Crippen LogP contribution in [0.1, 0.15) is 81.4 Å².